The maximum Gasteiger partial charge on any atom is 0.321 e. The summed E-state index contributed by atoms with van der Waals surface area (Å²) in [6, 6.07) is 11.1. The summed E-state index contributed by atoms with van der Waals surface area (Å²) in [5.41, 5.74) is 7.89. The van der Waals surface area contributed by atoms with Crippen LogP contribution in [0.15, 0.2) is 36.4 Å². The van der Waals surface area contributed by atoms with Crippen LogP contribution in [0.1, 0.15) is 17.5 Å². The van der Waals surface area contributed by atoms with Crippen LogP contribution in [-0.2, 0) is 27.2 Å². The van der Waals surface area contributed by atoms with Crippen molar-refractivity contribution in [3.05, 3.63) is 52.5 Å². The van der Waals surface area contributed by atoms with Gasteiger partial charge in [-0.3, -0.25) is 19.3 Å². The number of nitrogens with zero attached hydrogens (tertiary/aromatic N) is 3. The summed E-state index contributed by atoms with van der Waals surface area (Å²) in [6.45, 7) is 5.00. The summed E-state index contributed by atoms with van der Waals surface area (Å²) in [5.74, 6) is -1.32. The molecule has 0 bridgehead atoms. The van der Waals surface area contributed by atoms with E-state index in [-0.39, 0.29) is 5.91 Å². The van der Waals surface area contributed by atoms with E-state index in [2.05, 4.69) is 49.8 Å². The standard InChI is InChI=1S/C21H21ClN4OS.C4H7NO4/c22-17-13-18-15(12-20(27)23-18)11-14(17)5-6-25-7-9-26(10-8-25)21-16-3-1-2-4-19(16)28-24-21;5-2(4(8)9)1-3(6)7/h1-4,11,13H,5-10,12H2,(H,23,27);2H,1,5H2,(H,6,7)(H,8,9). The van der Waals surface area contributed by atoms with Gasteiger partial charge in [-0.2, -0.15) is 4.37 Å². The van der Waals surface area contributed by atoms with Crippen LogP contribution in [0.25, 0.3) is 10.1 Å². The topological polar surface area (TPSA) is 149 Å². The third kappa shape index (κ3) is 6.75. The molecular formula is C25H28ClN5O5S. The van der Waals surface area contributed by atoms with Crippen molar-refractivity contribution in [1.29, 1.82) is 0 Å². The molecule has 196 valence electrons. The van der Waals surface area contributed by atoms with E-state index in [1.54, 1.807) is 11.5 Å². The fraction of sp³-hybridized carbons (Fsp3) is 0.360. The number of nitrogens with one attached hydrogen (secondary N) is 1. The van der Waals surface area contributed by atoms with Gasteiger partial charge in [-0.05, 0) is 47.3 Å². The van der Waals surface area contributed by atoms with E-state index in [0.717, 1.165) is 66.8 Å². The number of hydrogen-bond acceptors (Lipinski definition) is 8. The maximum absolute atomic E-state index is 11.6. The zero-order valence-corrected chi connectivity index (χ0v) is 21.6. The number of amides is 1. The summed E-state index contributed by atoms with van der Waals surface area (Å²) >= 11 is 8.01. The molecule has 3 aromatic rings. The highest BCUT2D eigenvalue weighted by atomic mass is 35.5. The number of fused-ring (bicyclic) bond motifs is 2. The molecule has 2 aliphatic rings. The van der Waals surface area contributed by atoms with Gasteiger partial charge >= 0.3 is 11.9 Å². The van der Waals surface area contributed by atoms with Crippen LogP contribution < -0.4 is 16.0 Å². The van der Waals surface area contributed by atoms with E-state index in [1.165, 1.54) is 10.1 Å². The van der Waals surface area contributed by atoms with Gasteiger partial charge in [0.15, 0.2) is 0 Å². The minimum atomic E-state index is -1.29. The quantitative estimate of drug-likeness (QED) is 0.351. The molecule has 2 aliphatic heterocycles. The smallest absolute Gasteiger partial charge is 0.321 e. The molecule has 5 rings (SSSR count). The minimum absolute atomic E-state index is 0.0499. The molecule has 0 spiro atoms. The Balaban J connectivity index is 0.000000307. The van der Waals surface area contributed by atoms with E-state index in [0.29, 0.717) is 6.42 Å². The number of aliphatic carboxylic acids is 2. The van der Waals surface area contributed by atoms with Gasteiger partial charge < -0.3 is 26.2 Å². The zero-order chi connectivity index (χ0) is 26.5. The first kappa shape index (κ1) is 26.8. The van der Waals surface area contributed by atoms with Crippen LogP contribution >= 0.6 is 23.1 Å². The zero-order valence-electron chi connectivity index (χ0n) is 20.0. The third-order valence-corrected chi connectivity index (χ3v) is 7.51. The normalized spacial score (nSPS) is 16.1. The number of halogens is 1. The van der Waals surface area contributed by atoms with E-state index in [4.69, 9.17) is 27.5 Å². The predicted octanol–water partition coefficient (Wildman–Crippen LogP) is 2.68. The van der Waals surface area contributed by atoms with Crippen LogP contribution in [-0.4, -0.2) is 76.1 Å². The molecule has 1 aromatic heterocycles. The van der Waals surface area contributed by atoms with Crippen LogP contribution in [0, 0.1) is 0 Å². The number of carbonyl (C=O) groups excluding carboxylic acids is 1. The SMILES string of the molecule is NC(CC(=O)O)C(=O)O.O=C1Cc2cc(CCN3CCN(c4nsc5ccccc45)CC3)c(Cl)cc2N1. The monoisotopic (exact) mass is 545 g/mol. The van der Waals surface area contributed by atoms with Gasteiger partial charge in [-0.1, -0.05) is 29.8 Å². The molecule has 10 nitrogen and oxygen atoms in total. The molecule has 0 radical (unpaired) electrons. The van der Waals surface area contributed by atoms with Gasteiger partial charge in [0.05, 0.1) is 17.5 Å². The Kier molecular flexibility index (Phi) is 8.59. The van der Waals surface area contributed by atoms with Crippen LogP contribution in [0.5, 0.6) is 0 Å². The van der Waals surface area contributed by atoms with Gasteiger partial charge in [0.25, 0.3) is 0 Å². The van der Waals surface area contributed by atoms with E-state index < -0.39 is 24.4 Å². The van der Waals surface area contributed by atoms with E-state index in [9.17, 15) is 14.4 Å². The molecule has 1 fully saturated rings. The second kappa shape index (κ2) is 11.9. The minimum Gasteiger partial charge on any atom is -0.481 e. The number of rotatable bonds is 7. The molecule has 12 heteroatoms. The highest BCUT2D eigenvalue weighted by Gasteiger charge is 2.22. The summed E-state index contributed by atoms with van der Waals surface area (Å²) in [4.78, 5) is 36.1. The van der Waals surface area contributed by atoms with Gasteiger partial charge in [0.1, 0.15) is 11.9 Å². The summed E-state index contributed by atoms with van der Waals surface area (Å²) in [5, 5.41) is 20.9. The molecule has 0 aliphatic carbocycles. The fourth-order valence-electron chi connectivity index (χ4n) is 4.33. The first-order chi connectivity index (χ1) is 17.7. The van der Waals surface area contributed by atoms with Crippen LogP contribution in [0.4, 0.5) is 11.5 Å². The summed E-state index contributed by atoms with van der Waals surface area (Å²) in [7, 11) is 0. The molecule has 1 amide bonds. The van der Waals surface area contributed by atoms with Gasteiger partial charge in [-0.25, -0.2) is 0 Å². The van der Waals surface area contributed by atoms with Crippen molar-refractivity contribution >= 4 is 62.6 Å². The van der Waals surface area contributed by atoms with E-state index in [1.807, 2.05) is 6.07 Å². The van der Waals surface area contributed by atoms with Gasteiger partial charge in [-0.15, -0.1) is 0 Å². The van der Waals surface area contributed by atoms with Crippen LogP contribution in [0.3, 0.4) is 0 Å². The number of carboxylic acid groups (broad SMARTS) is 2. The van der Waals surface area contributed by atoms with Crippen molar-refractivity contribution in [3.63, 3.8) is 0 Å². The molecule has 1 saturated heterocycles. The molecular weight excluding hydrogens is 518 g/mol. The van der Waals surface area contributed by atoms with Crippen LogP contribution in [0.2, 0.25) is 5.02 Å². The van der Waals surface area contributed by atoms with Crippen molar-refractivity contribution in [2.75, 3.05) is 42.9 Å². The van der Waals surface area contributed by atoms with Crippen molar-refractivity contribution in [3.8, 4) is 0 Å². The number of piperazine rings is 1. The Bertz CT molecular complexity index is 1310. The molecule has 3 heterocycles. The average Bonchev–Trinajstić information content (AvgIpc) is 3.45. The molecule has 1 unspecified atom stereocenters. The molecule has 2 aromatic carbocycles. The lowest BCUT2D eigenvalue weighted by Crippen LogP contribution is -2.47. The highest BCUT2D eigenvalue weighted by Crippen LogP contribution is 2.31. The van der Waals surface area contributed by atoms with Crippen molar-refractivity contribution < 1.29 is 24.6 Å². The highest BCUT2D eigenvalue weighted by molar-refractivity contribution is 7.13. The summed E-state index contributed by atoms with van der Waals surface area (Å²) in [6.07, 6.45) is 0.828. The Labute approximate surface area is 222 Å². The predicted molar refractivity (Wildman–Crippen MR) is 144 cm³/mol. The maximum atomic E-state index is 11.6. The fourth-order valence-corrected chi connectivity index (χ4v) is 5.38. The molecule has 0 saturated carbocycles. The molecule has 1 atom stereocenters. The largest absolute Gasteiger partial charge is 0.481 e. The number of aromatic nitrogens is 1. The number of carbonyl (C=O) groups is 3. The van der Waals surface area contributed by atoms with Gasteiger partial charge in [0, 0.05) is 48.8 Å². The third-order valence-electron chi connectivity index (χ3n) is 6.34. The molecule has 37 heavy (non-hydrogen) atoms. The Morgan fingerprint density at radius 1 is 1.16 bits per heavy atom. The average molecular weight is 546 g/mol. The lowest BCUT2D eigenvalue weighted by Gasteiger charge is -2.35. The number of hydrogen-bond donors (Lipinski definition) is 4. The number of benzene rings is 2. The lowest BCUT2D eigenvalue weighted by atomic mass is 10.1. The van der Waals surface area contributed by atoms with Crippen molar-refractivity contribution in [2.24, 2.45) is 5.73 Å². The molecule has 5 N–H and O–H groups in total. The first-order valence-corrected chi connectivity index (χ1v) is 13.0. The Morgan fingerprint density at radius 2 is 1.89 bits per heavy atom. The Morgan fingerprint density at radius 3 is 2.57 bits per heavy atom. The number of anilines is 2. The summed E-state index contributed by atoms with van der Waals surface area (Å²) < 4.78 is 5.94. The van der Waals surface area contributed by atoms with Crippen molar-refractivity contribution in [1.82, 2.24) is 9.27 Å². The first-order valence-electron chi connectivity index (χ1n) is 11.8. The second-order valence-electron chi connectivity index (χ2n) is 8.95. The van der Waals surface area contributed by atoms with Gasteiger partial charge in [0.2, 0.25) is 5.91 Å². The number of carboxylic acids is 2. The second-order valence-corrected chi connectivity index (χ2v) is 10.2. The van der Waals surface area contributed by atoms with Crippen molar-refractivity contribution in [2.45, 2.75) is 25.3 Å². The lowest BCUT2D eigenvalue weighted by molar-refractivity contribution is -0.144. The number of nitrogens with two attached hydrogens (primary N) is 1. The van der Waals surface area contributed by atoms with E-state index >= 15 is 0 Å². The Hall–Kier alpha value is -3.25.